The van der Waals surface area contributed by atoms with Gasteiger partial charge in [-0.2, -0.15) is 0 Å². The molecule has 0 saturated carbocycles. The van der Waals surface area contributed by atoms with Crippen LogP contribution in [0.15, 0.2) is 12.1 Å². The Kier molecular flexibility index (Phi) is 3.97. The van der Waals surface area contributed by atoms with Crippen molar-refractivity contribution in [2.45, 2.75) is 31.0 Å². The van der Waals surface area contributed by atoms with E-state index >= 15 is 0 Å². The van der Waals surface area contributed by atoms with Crippen LogP contribution in [0.5, 0.6) is 11.5 Å². The molecule has 0 spiro atoms. The lowest BCUT2D eigenvalue weighted by atomic mass is 10.0. The molecular formula is C14H19BrO2. The van der Waals surface area contributed by atoms with Gasteiger partial charge in [-0.15, -0.1) is 0 Å². The highest BCUT2D eigenvalue weighted by atomic mass is 79.9. The molecule has 0 aromatic heterocycles. The van der Waals surface area contributed by atoms with Crippen LogP contribution in [0, 0.1) is 5.92 Å². The average Bonchev–Trinajstić information content (AvgIpc) is 2.48. The fourth-order valence-electron chi connectivity index (χ4n) is 2.57. The molecule has 3 heteroatoms. The lowest BCUT2D eigenvalue weighted by Gasteiger charge is -2.18. The van der Waals surface area contributed by atoms with Gasteiger partial charge in [0, 0.05) is 16.0 Å². The maximum Gasteiger partial charge on any atom is 0.123 e. The standard InChI is InChI=1S/C14H19BrO2/c1-9-4-5-10-12(16-2)6-7-13(17-3)14(10)11(15)8-9/h6-7,9,11H,4-5,8H2,1-3H3. The summed E-state index contributed by atoms with van der Waals surface area (Å²) in [5, 5.41) is 0. The highest BCUT2D eigenvalue weighted by Crippen LogP contribution is 2.45. The van der Waals surface area contributed by atoms with Gasteiger partial charge in [-0.25, -0.2) is 0 Å². The number of benzene rings is 1. The van der Waals surface area contributed by atoms with Gasteiger partial charge in [0.05, 0.1) is 14.2 Å². The van der Waals surface area contributed by atoms with Gasteiger partial charge in [0.2, 0.25) is 0 Å². The van der Waals surface area contributed by atoms with Gasteiger partial charge in [0.1, 0.15) is 11.5 Å². The van der Waals surface area contributed by atoms with E-state index in [-0.39, 0.29) is 0 Å². The molecule has 1 aromatic rings. The fraction of sp³-hybridized carbons (Fsp3) is 0.571. The van der Waals surface area contributed by atoms with E-state index in [2.05, 4.69) is 22.9 Å². The first kappa shape index (κ1) is 12.7. The van der Waals surface area contributed by atoms with E-state index in [0.717, 1.165) is 30.3 Å². The predicted octanol–water partition coefficient (Wildman–Crippen LogP) is 4.11. The Balaban J connectivity index is 2.54. The Hall–Kier alpha value is -0.700. The molecule has 0 N–H and O–H groups in total. The summed E-state index contributed by atoms with van der Waals surface area (Å²) in [7, 11) is 3.47. The van der Waals surface area contributed by atoms with Gasteiger partial charge in [0.15, 0.2) is 0 Å². The van der Waals surface area contributed by atoms with Crippen molar-refractivity contribution in [1.82, 2.24) is 0 Å². The third-order valence-electron chi connectivity index (χ3n) is 3.52. The first-order valence-corrected chi connectivity index (χ1v) is 6.96. The molecule has 2 rings (SSSR count). The largest absolute Gasteiger partial charge is 0.496 e. The third-order valence-corrected chi connectivity index (χ3v) is 4.36. The second kappa shape index (κ2) is 5.30. The zero-order valence-electron chi connectivity index (χ0n) is 10.6. The molecule has 0 saturated heterocycles. The second-order valence-electron chi connectivity index (χ2n) is 4.71. The summed E-state index contributed by atoms with van der Waals surface area (Å²) in [6.45, 7) is 2.30. The smallest absolute Gasteiger partial charge is 0.123 e. The molecule has 0 bridgehead atoms. The van der Waals surface area contributed by atoms with Crippen molar-refractivity contribution in [3.05, 3.63) is 23.3 Å². The van der Waals surface area contributed by atoms with E-state index in [1.54, 1.807) is 14.2 Å². The monoisotopic (exact) mass is 298 g/mol. The maximum atomic E-state index is 5.49. The van der Waals surface area contributed by atoms with Gasteiger partial charge in [-0.3, -0.25) is 0 Å². The zero-order chi connectivity index (χ0) is 12.4. The van der Waals surface area contributed by atoms with Crippen molar-refractivity contribution in [3.8, 4) is 11.5 Å². The third kappa shape index (κ3) is 2.44. The van der Waals surface area contributed by atoms with E-state index in [1.807, 2.05) is 12.1 Å². The van der Waals surface area contributed by atoms with Crippen LogP contribution in [-0.2, 0) is 6.42 Å². The Bertz CT molecular complexity index is 403. The minimum atomic E-state index is 0.361. The molecule has 1 aliphatic carbocycles. The number of methoxy groups -OCH3 is 2. The number of hydrogen-bond donors (Lipinski definition) is 0. The number of alkyl halides is 1. The summed E-state index contributed by atoms with van der Waals surface area (Å²) in [6.07, 6.45) is 3.42. The van der Waals surface area contributed by atoms with Gasteiger partial charge in [-0.1, -0.05) is 22.9 Å². The summed E-state index contributed by atoms with van der Waals surface area (Å²) in [5.74, 6) is 2.68. The Morgan fingerprint density at radius 1 is 1.18 bits per heavy atom. The molecular weight excluding hydrogens is 280 g/mol. The Morgan fingerprint density at radius 3 is 2.47 bits per heavy atom. The SMILES string of the molecule is COc1ccc(OC)c2c1CCC(C)CC2Br. The maximum absolute atomic E-state index is 5.49. The van der Waals surface area contributed by atoms with Crippen molar-refractivity contribution >= 4 is 15.9 Å². The van der Waals surface area contributed by atoms with Crippen molar-refractivity contribution in [3.63, 3.8) is 0 Å². The lowest BCUT2D eigenvalue weighted by molar-refractivity contribution is 0.395. The topological polar surface area (TPSA) is 18.5 Å². The first-order chi connectivity index (χ1) is 8.17. The average molecular weight is 299 g/mol. The van der Waals surface area contributed by atoms with Crippen LogP contribution in [0.2, 0.25) is 0 Å². The van der Waals surface area contributed by atoms with Gasteiger partial charge >= 0.3 is 0 Å². The summed E-state index contributed by atoms with van der Waals surface area (Å²) in [6, 6.07) is 4.01. The molecule has 0 amide bonds. The molecule has 94 valence electrons. The van der Waals surface area contributed by atoms with Crippen LogP contribution in [0.1, 0.15) is 35.7 Å². The number of hydrogen-bond acceptors (Lipinski definition) is 2. The molecule has 0 heterocycles. The Morgan fingerprint density at radius 2 is 1.82 bits per heavy atom. The van der Waals surface area contributed by atoms with E-state index in [0.29, 0.717) is 4.83 Å². The van der Waals surface area contributed by atoms with Crippen LogP contribution in [0.3, 0.4) is 0 Å². The quantitative estimate of drug-likeness (QED) is 0.604. The number of halogens is 1. The summed E-state index contributed by atoms with van der Waals surface area (Å²) < 4.78 is 11.0. The van der Waals surface area contributed by atoms with Crippen molar-refractivity contribution in [2.75, 3.05) is 14.2 Å². The number of ether oxygens (including phenoxy) is 2. The van der Waals surface area contributed by atoms with E-state index in [9.17, 15) is 0 Å². The van der Waals surface area contributed by atoms with E-state index in [1.165, 1.54) is 17.5 Å². The van der Waals surface area contributed by atoms with Gasteiger partial charge < -0.3 is 9.47 Å². The highest BCUT2D eigenvalue weighted by molar-refractivity contribution is 9.09. The van der Waals surface area contributed by atoms with Crippen LogP contribution < -0.4 is 9.47 Å². The molecule has 0 radical (unpaired) electrons. The summed E-state index contributed by atoms with van der Waals surface area (Å²) in [5.41, 5.74) is 2.58. The highest BCUT2D eigenvalue weighted by Gasteiger charge is 2.26. The lowest BCUT2D eigenvalue weighted by Crippen LogP contribution is -2.01. The van der Waals surface area contributed by atoms with Crippen molar-refractivity contribution in [2.24, 2.45) is 5.92 Å². The van der Waals surface area contributed by atoms with Crippen LogP contribution in [-0.4, -0.2) is 14.2 Å². The minimum Gasteiger partial charge on any atom is -0.496 e. The molecule has 0 fully saturated rings. The Labute approximate surface area is 111 Å². The molecule has 1 aliphatic rings. The van der Waals surface area contributed by atoms with E-state index in [4.69, 9.17) is 9.47 Å². The van der Waals surface area contributed by atoms with Crippen LogP contribution in [0.4, 0.5) is 0 Å². The fourth-order valence-corrected chi connectivity index (χ4v) is 3.71. The molecule has 2 unspecified atom stereocenters. The van der Waals surface area contributed by atoms with Crippen LogP contribution >= 0.6 is 15.9 Å². The molecule has 2 atom stereocenters. The number of fused-ring (bicyclic) bond motifs is 1. The normalized spacial score (nSPS) is 23.8. The number of rotatable bonds is 2. The van der Waals surface area contributed by atoms with Gasteiger partial charge in [0.25, 0.3) is 0 Å². The summed E-state index contributed by atoms with van der Waals surface area (Å²) >= 11 is 3.80. The van der Waals surface area contributed by atoms with Crippen molar-refractivity contribution < 1.29 is 9.47 Å². The second-order valence-corrected chi connectivity index (χ2v) is 5.81. The van der Waals surface area contributed by atoms with Crippen molar-refractivity contribution in [1.29, 1.82) is 0 Å². The molecule has 17 heavy (non-hydrogen) atoms. The first-order valence-electron chi connectivity index (χ1n) is 6.05. The molecule has 0 aliphatic heterocycles. The van der Waals surface area contributed by atoms with E-state index < -0.39 is 0 Å². The molecule has 2 nitrogen and oxygen atoms in total. The van der Waals surface area contributed by atoms with Gasteiger partial charge in [-0.05, 0) is 37.3 Å². The van der Waals surface area contributed by atoms with Crippen LogP contribution in [0.25, 0.3) is 0 Å². The predicted molar refractivity (Wildman–Crippen MR) is 73.3 cm³/mol. The molecule has 1 aromatic carbocycles. The summed E-state index contributed by atoms with van der Waals surface area (Å²) in [4.78, 5) is 0.361. The zero-order valence-corrected chi connectivity index (χ0v) is 12.2. The minimum absolute atomic E-state index is 0.361.